The van der Waals surface area contributed by atoms with Gasteiger partial charge in [0, 0.05) is 25.3 Å². The van der Waals surface area contributed by atoms with Crippen LogP contribution in [-0.4, -0.2) is 35.1 Å². The number of benzene rings is 1. The lowest BCUT2D eigenvalue weighted by Crippen LogP contribution is -2.35. The number of likely N-dealkylation sites (tertiary alicyclic amines) is 1. The van der Waals surface area contributed by atoms with Crippen molar-refractivity contribution >= 4 is 11.6 Å². The lowest BCUT2D eigenvalue weighted by atomic mass is 10.1. The first kappa shape index (κ1) is 16.6. The van der Waals surface area contributed by atoms with Gasteiger partial charge >= 0.3 is 0 Å². The van der Waals surface area contributed by atoms with Gasteiger partial charge in [0.1, 0.15) is 0 Å². The van der Waals surface area contributed by atoms with E-state index in [1.54, 1.807) is 19.9 Å². The third kappa shape index (κ3) is 4.39. The van der Waals surface area contributed by atoms with Crippen molar-refractivity contribution in [2.45, 2.75) is 39.3 Å². The predicted molar refractivity (Wildman–Crippen MR) is 85.1 cm³/mol. The molecule has 2 rings (SSSR count). The van der Waals surface area contributed by atoms with E-state index in [4.69, 9.17) is 0 Å². The van der Waals surface area contributed by atoms with Crippen molar-refractivity contribution in [3.63, 3.8) is 0 Å². The van der Waals surface area contributed by atoms with Gasteiger partial charge in [0.25, 0.3) is 5.91 Å². The van der Waals surface area contributed by atoms with Crippen molar-refractivity contribution in [3.8, 4) is 0 Å². The quantitative estimate of drug-likeness (QED) is 0.841. The summed E-state index contributed by atoms with van der Waals surface area (Å²) in [6, 6.07) is 7.44. The highest BCUT2D eigenvalue weighted by molar-refractivity contribution is 6.02. The van der Waals surface area contributed by atoms with Crippen LogP contribution in [0.5, 0.6) is 0 Å². The van der Waals surface area contributed by atoms with Crippen LogP contribution in [0.4, 0.5) is 10.1 Å². The molecule has 1 fully saturated rings. The van der Waals surface area contributed by atoms with E-state index < -0.39 is 11.7 Å². The number of carbonyl (C=O) groups excluding carboxylic acids is 1. The first-order valence-corrected chi connectivity index (χ1v) is 7.60. The summed E-state index contributed by atoms with van der Waals surface area (Å²) in [5.41, 5.74) is 1.95. The van der Waals surface area contributed by atoms with Gasteiger partial charge in [-0.2, -0.15) is 0 Å². The standard InChI is InChI=1S/C17H23FN2O2/c1-12(2)16(18)17(22)19-15-6-4-3-5-13(15)11-20-9-7-14(21)8-10-20/h3-6,14,21H,7-11H2,1-2H3,(H,19,22). The molecule has 120 valence electrons. The van der Waals surface area contributed by atoms with Crippen molar-refractivity contribution in [1.29, 1.82) is 0 Å². The Balaban J connectivity index is 2.07. The summed E-state index contributed by atoms with van der Waals surface area (Å²) >= 11 is 0. The van der Waals surface area contributed by atoms with E-state index in [2.05, 4.69) is 10.2 Å². The number of carbonyl (C=O) groups is 1. The van der Waals surface area contributed by atoms with Gasteiger partial charge in [0.05, 0.1) is 6.10 Å². The number of para-hydroxylation sites is 1. The molecule has 4 nitrogen and oxygen atoms in total. The molecule has 1 aliphatic heterocycles. The molecule has 1 aromatic carbocycles. The molecule has 0 aromatic heterocycles. The molecule has 0 spiro atoms. The maximum Gasteiger partial charge on any atom is 0.284 e. The molecule has 0 atom stereocenters. The number of aliphatic hydroxyl groups excluding tert-OH is 1. The SMILES string of the molecule is CC(C)=C(F)C(=O)Nc1ccccc1CN1CCC(O)CC1. The second-order valence-electron chi connectivity index (χ2n) is 5.93. The number of nitrogens with one attached hydrogen (secondary N) is 1. The van der Waals surface area contributed by atoms with Crippen LogP contribution < -0.4 is 5.32 Å². The van der Waals surface area contributed by atoms with E-state index in [0.29, 0.717) is 17.8 Å². The molecule has 2 N–H and O–H groups in total. The van der Waals surface area contributed by atoms with Crippen molar-refractivity contribution in [3.05, 3.63) is 41.2 Å². The van der Waals surface area contributed by atoms with E-state index in [-0.39, 0.29) is 6.10 Å². The maximum atomic E-state index is 13.7. The van der Waals surface area contributed by atoms with E-state index in [0.717, 1.165) is 31.5 Å². The van der Waals surface area contributed by atoms with Gasteiger partial charge in [-0.15, -0.1) is 0 Å². The van der Waals surface area contributed by atoms with Crippen LogP contribution >= 0.6 is 0 Å². The summed E-state index contributed by atoms with van der Waals surface area (Å²) in [7, 11) is 0. The van der Waals surface area contributed by atoms with E-state index in [1.165, 1.54) is 0 Å². The second-order valence-corrected chi connectivity index (χ2v) is 5.93. The number of halogens is 1. The smallest absolute Gasteiger partial charge is 0.284 e. The minimum absolute atomic E-state index is 0.210. The van der Waals surface area contributed by atoms with Crippen LogP contribution in [0.1, 0.15) is 32.3 Å². The lowest BCUT2D eigenvalue weighted by molar-refractivity contribution is -0.114. The van der Waals surface area contributed by atoms with Crippen molar-refractivity contribution in [1.82, 2.24) is 4.90 Å². The fourth-order valence-corrected chi connectivity index (χ4v) is 2.50. The summed E-state index contributed by atoms with van der Waals surface area (Å²) in [6.07, 6.45) is 1.32. The Morgan fingerprint density at radius 3 is 2.59 bits per heavy atom. The highest BCUT2D eigenvalue weighted by Crippen LogP contribution is 2.21. The minimum Gasteiger partial charge on any atom is -0.393 e. The largest absolute Gasteiger partial charge is 0.393 e. The molecular weight excluding hydrogens is 283 g/mol. The summed E-state index contributed by atoms with van der Waals surface area (Å²) < 4.78 is 13.7. The maximum absolute atomic E-state index is 13.7. The second kappa shape index (κ2) is 7.51. The summed E-state index contributed by atoms with van der Waals surface area (Å²) in [4.78, 5) is 14.1. The Hall–Kier alpha value is -1.72. The third-order valence-electron chi connectivity index (χ3n) is 3.85. The first-order valence-electron chi connectivity index (χ1n) is 7.60. The van der Waals surface area contributed by atoms with E-state index >= 15 is 0 Å². The van der Waals surface area contributed by atoms with Crippen LogP contribution in [0.25, 0.3) is 0 Å². The lowest BCUT2D eigenvalue weighted by Gasteiger charge is -2.30. The molecule has 0 unspecified atom stereocenters. The highest BCUT2D eigenvalue weighted by Gasteiger charge is 2.19. The van der Waals surface area contributed by atoms with Gasteiger partial charge in [-0.25, -0.2) is 4.39 Å². The van der Waals surface area contributed by atoms with Crippen molar-refractivity contribution < 1.29 is 14.3 Å². The number of amides is 1. The molecule has 1 aromatic rings. The average molecular weight is 306 g/mol. The van der Waals surface area contributed by atoms with Gasteiger partial charge in [0.2, 0.25) is 0 Å². The molecule has 22 heavy (non-hydrogen) atoms. The summed E-state index contributed by atoms with van der Waals surface area (Å²) in [5.74, 6) is -1.45. The van der Waals surface area contributed by atoms with E-state index in [9.17, 15) is 14.3 Å². The number of nitrogens with zero attached hydrogens (tertiary/aromatic N) is 1. The molecule has 1 aliphatic rings. The zero-order chi connectivity index (χ0) is 16.1. The molecule has 0 aliphatic carbocycles. The highest BCUT2D eigenvalue weighted by atomic mass is 19.1. The number of hydrogen-bond acceptors (Lipinski definition) is 3. The van der Waals surface area contributed by atoms with Gasteiger partial charge in [0.15, 0.2) is 5.83 Å². The number of hydrogen-bond donors (Lipinski definition) is 2. The molecule has 5 heteroatoms. The van der Waals surface area contributed by atoms with Crippen LogP contribution in [0.3, 0.4) is 0 Å². The molecule has 1 amide bonds. The summed E-state index contributed by atoms with van der Waals surface area (Å²) in [5, 5.41) is 12.2. The monoisotopic (exact) mass is 306 g/mol. The van der Waals surface area contributed by atoms with Gasteiger partial charge in [-0.1, -0.05) is 18.2 Å². The van der Waals surface area contributed by atoms with E-state index in [1.807, 2.05) is 18.2 Å². The normalized spacial score (nSPS) is 16.4. The average Bonchev–Trinajstić information content (AvgIpc) is 2.50. The minimum atomic E-state index is -0.740. The number of rotatable bonds is 4. The zero-order valence-electron chi connectivity index (χ0n) is 13.1. The molecule has 1 saturated heterocycles. The number of aliphatic hydroxyl groups is 1. The topological polar surface area (TPSA) is 52.6 Å². The molecule has 1 heterocycles. The Morgan fingerprint density at radius 2 is 1.95 bits per heavy atom. The van der Waals surface area contributed by atoms with Gasteiger partial charge in [-0.3, -0.25) is 9.69 Å². The van der Waals surface area contributed by atoms with Gasteiger partial charge < -0.3 is 10.4 Å². The van der Waals surface area contributed by atoms with Crippen LogP contribution in [0.15, 0.2) is 35.7 Å². The van der Waals surface area contributed by atoms with Crippen LogP contribution in [-0.2, 0) is 11.3 Å². The van der Waals surface area contributed by atoms with Crippen LogP contribution in [0, 0.1) is 0 Å². The molecule has 0 bridgehead atoms. The number of anilines is 1. The Morgan fingerprint density at radius 1 is 1.32 bits per heavy atom. The first-order chi connectivity index (χ1) is 10.5. The number of piperidine rings is 1. The summed E-state index contributed by atoms with van der Waals surface area (Å²) in [6.45, 7) is 5.47. The Kier molecular flexibility index (Phi) is 5.69. The Labute approximate surface area is 130 Å². The fourth-order valence-electron chi connectivity index (χ4n) is 2.50. The number of allylic oxidation sites excluding steroid dienone is 1. The van der Waals surface area contributed by atoms with Crippen LogP contribution in [0.2, 0.25) is 0 Å². The fraction of sp³-hybridized carbons (Fsp3) is 0.471. The Bertz CT molecular complexity index is 560. The van der Waals surface area contributed by atoms with Crippen molar-refractivity contribution in [2.75, 3.05) is 18.4 Å². The van der Waals surface area contributed by atoms with Crippen molar-refractivity contribution in [2.24, 2.45) is 0 Å². The molecule has 0 radical (unpaired) electrons. The third-order valence-corrected chi connectivity index (χ3v) is 3.85. The molecule has 0 saturated carbocycles. The zero-order valence-corrected chi connectivity index (χ0v) is 13.1. The van der Waals surface area contributed by atoms with Gasteiger partial charge in [-0.05, 0) is 43.9 Å². The molecular formula is C17H23FN2O2. The predicted octanol–water partition coefficient (Wildman–Crippen LogP) is 2.85.